The van der Waals surface area contributed by atoms with E-state index in [4.69, 9.17) is 12.2 Å². The van der Waals surface area contributed by atoms with Crippen LogP contribution >= 0.6 is 12.2 Å². The predicted octanol–water partition coefficient (Wildman–Crippen LogP) is 2.12. The van der Waals surface area contributed by atoms with E-state index in [1.807, 2.05) is 19.1 Å². The minimum absolute atomic E-state index is 0.0443. The van der Waals surface area contributed by atoms with Crippen molar-refractivity contribution in [1.29, 1.82) is 0 Å². The third kappa shape index (κ3) is 4.56. The topological polar surface area (TPSA) is 84.7 Å². The highest BCUT2D eigenvalue weighted by molar-refractivity contribution is 7.80. The number of nitrogens with zero attached hydrogens (tertiary/aromatic N) is 4. The number of anilines is 1. The first-order chi connectivity index (χ1) is 10.8. The molecule has 0 atom stereocenters. The number of rotatable bonds is 3. The van der Waals surface area contributed by atoms with Crippen LogP contribution < -0.4 is 10.6 Å². The molecule has 0 saturated heterocycles. The molecule has 7 nitrogen and oxygen atoms in total. The first-order valence-electron chi connectivity index (χ1n) is 7.30. The van der Waals surface area contributed by atoms with E-state index in [-0.39, 0.29) is 22.4 Å². The number of thiocarbonyl (C=S) groups is 1. The quantitative estimate of drug-likeness (QED) is 0.838. The van der Waals surface area contributed by atoms with E-state index in [9.17, 15) is 4.79 Å². The maximum atomic E-state index is 12.2. The van der Waals surface area contributed by atoms with Gasteiger partial charge in [0.2, 0.25) is 0 Å². The molecule has 1 aromatic carbocycles. The van der Waals surface area contributed by atoms with E-state index in [1.165, 1.54) is 4.80 Å². The Balaban J connectivity index is 1.96. The Hall–Kier alpha value is -2.35. The van der Waals surface area contributed by atoms with Gasteiger partial charge in [0.05, 0.1) is 6.54 Å². The molecular formula is C15H20N6OS. The van der Waals surface area contributed by atoms with Gasteiger partial charge in [-0.3, -0.25) is 15.4 Å². The molecular weight excluding hydrogens is 312 g/mol. The lowest BCUT2D eigenvalue weighted by Crippen LogP contribution is -2.34. The van der Waals surface area contributed by atoms with Crippen molar-refractivity contribution in [1.82, 2.24) is 25.5 Å². The second kappa shape index (κ2) is 6.82. The van der Waals surface area contributed by atoms with E-state index in [2.05, 4.69) is 46.8 Å². The van der Waals surface area contributed by atoms with E-state index < -0.39 is 0 Å². The molecule has 2 N–H and O–H groups in total. The smallest absolute Gasteiger partial charge is 0.269 e. The van der Waals surface area contributed by atoms with E-state index in [0.29, 0.717) is 12.1 Å². The fourth-order valence-corrected chi connectivity index (χ4v) is 2.04. The number of carbonyl (C=O) groups excluding carboxylic acids is 1. The van der Waals surface area contributed by atoms with E-state index >= 15 is 0 Å². The average Bonchev–Trinajstić information content (AvgIpc) is 2.94. The molecule has 122 valence electrons. The second-order valence-corrected chi connectivity index (χ2v) is 6.45. The van der Waals surface area contributed by atoms with Crippen molar-refractivity contribution in [2.75, 3.05) is 5.32 Å². The summed E-state index contributed by atoms with van der Waals surface area (Å²) in [5.74, 6) is -0.0360. The van der Waals surface area contributed by atoms with Gasteiger partial charge >= 0.3 is 0 Å². The first-order valence-corrected chi connectivity index (χ1v) is 7.71. The molecule has 1 amide bonds. The number of benzene rings is 1. The Morgan fingerprint density at radius 3 is 2.43 bits per heavy atom. The highest BCUT2D eigenvalue weighted by atomic mass is 32.1. The van der Waals surface area contributed by atoms with Gasteiger partial charge in [-0.15, -0.1) is 5.10 Å². The maximum Gasteiger partial charge on any atom is 0.269 e. The van der Waals surface area contributed by atoms with Crippen molar-refractivity contribution in [2.24, 2.45) is 0 Å². The van der Waals surface area contributed by atoms with Crippen molar-refractivity contribution >= 4 is 29.2 Å². The van der Waals surface area contributed by atoms with Gasteiger partial charge in [-0.2, -0.15) is 4.80 Å². The van der Waals surface area contributed by atoms with Crippen LogP contribution in [0, 0.1) is 0 Å². The number of nitrogens with one attached hydrogen (secondary N) is 2. The Bertz CT molecular complexity index is 702. The summed E-state index contributed by atoms with van der Waals surface area (Å²) in [4.78, 5) is 13.6. The normalized spacial score (nSPS) is 11.1. The first kappa shape index (κ1) is 17.0. The van der Waals surface area contributed by atoms with Crippen LogP contribution in [0.15, 0.2) is 24.3 Å². The molecule has 0 aliphatic carbocycles. The van der Waals surface area contributed by atoms with Crippen LogP contribution in [0.3, 0.4) is 0 Å². The second-order valence-electron chi connectivity index (χ2n) is 6.04. The molecule has 8 heteroatoms. The summed E-state index contributed by atoms with van der Waals surface area (Å²) < 4.78 is 0. The van der Waals surface area contributed by atoms with Crippen molar-refractivity contribution in [3.05, 3.63) is 35.4 Å². The number of tetrazole rings is 1. The third-order valence-corrected chi connectivity index (χ3v) is 3.41. The zero-order valence-electron chi connectivity index (χ0n) is 13.6. The zero-order chi connectivity index (χ0) is 17.0. The highest BCUT2D eigenvalue weighted by Crippen LogP contribution is 2.22. The average molecular weight is 332 g/mol. The van der Waals surface area contributed by atoms with E-state index in [1.54, 1.807) is 12.1 Å². The zero-order valence-corrected chi connectivity index (χ0v) is 14.4. The molecule has 0 saturated carbocycles. The SMILES string of the molecule is CCn1nnc(NC(=S)NC(=O)c2ccc(C(C)(C)C)cc2)n1. The molecule has 0 unspecified atom stereocenters. The van der Waals surface area contributed by atoms with Gasteiger partial charge in [0.15, 0.2) is 5.11 Å². The number of carbonyl (C=O) groups is 1. The van der Waals surface area contributed by atoms with Crippen molar-refractivity contribution in [2.45, 2.75) is 39.7 Å². The number of hydrogen-bond donors (Lipinski definition) is 2. The summed E-state index contributed by atoms with van der Waals surface area (Å²) in [6, 6.07) is 7.45. The van der Waals surface area contributed by atoms with Crippen LogP contribution in [0.1, 0.15) is 43.6 Å². The monoisotopic (exact) mass is 332 g/mol. The van der Waals surface area contributed by atoms with Gasteiger partial charge in [-0.25, -0.2) is 0 Å². The summed E-state index contributed by atoms with van der Waals surface area (Å²) in [6.07, 6.45) is 0. The summed E-state index contributed by atoms with van der Waals surface area (Å²) in [6.45, 7) is 8.87. The predicted molar refractivity (Wildman–Crippen MR) is 92.3 cm³/mol. The van der Waals surface area contributed by atoms with Gasteiger partial charge in [-0.1, -0.05) is 38.0 Å². The standard InChI is InChI=1S/C15H20N6OS/c1-5-21-19-13(18-20-21)17-14(23)16-12(22)10-6-8-11(9-7-10)15(2,3)4/h6-9H,5H2,1-4H3,(H2,16,17,19,22,23). The fourth-order valence-electron chi connectivity index (χ4n) is 1.86. The van der Waals surface area contributed by atoms with Crippen LogP contribution in [-0.4, -0.2) is 31.2 Å². The Morgan fingerprint density at radius 2 is 1.91 bits per heavy atom. The summed E-state index contributed by atoms with van der Waals surface area (Å²) >= 11 is 5.08. The molecule has 0 radical (unpaired) electrons. The van der Waals surface area contributed by atoms with Crippen molar-refractivity contribution < 1.29 is 4.79 Å². The minimum atomic E-state index is -0.286. The summed E-state index contributed by atoms with van der Waals surface area (Å²) in [7, 11) is 0. The Labute approximate surface area is 140 Å². The summed E-state index contributed by atoms with van der Waals surface area (Å²) in [5.41, 5.74) is 1.74. The minimum Gasteiger partial charge on any atom is -0.299 e. The third-order valence-electron chi connectivity index (χ3n) is 3.20. The maximum absolute atomic E-state index is 12.2. The van der Waals surface area contributed by atoms with Gasteiger partial charge in [0.1, 0.15) is 0 Å². The molecule has 0 fully saturated rings. The van der Waals surface area contributed by atoms with Crippen LogP contribution in [0.25, 0.3) is 0 Å². The van der Waals surface area contributed by atoms with Gasteiger partial charge in [0.25, 0.3) is 11.9 Å². The Kier molecular flexibility index (Phi) is 5.05. The molecule has 2 aromatic rings. The van der Waals surface area contributed by atoms with Crippen LogP contribution in [0.4, 0.5) is 5.95 Å². The van der Waals surface area contributed by atoms with Crippen molar-refractivity contribution in [3.8, 4) is 0 Å². The van der Waals surface area contributed by atoms with Gasteiger partial charge in [0, 0.05) is 5.56 Å². The van der Waals surface area contributed by atoms with Crippen LogP contribution in [0.2, 0.25) is 0 Å². The van der Waals surface area contributed by atoms with Crippen LogP contribution in [0.5, 0.6) is 0 Å². The van der Waals surface area contributed by atoms with Gasteiger partial charge in [-0.05, 0) is 47.5 Å². The molecule has 23 heavy (non-hydrogen) atoms. The Morgan fingerprint density at radius 1 is 1.26 bits per heavy atom. The van der Waals surface area contributed by atoms with Gasteiger partial charge < -0.3 is 0 Å². The number of aryl methyl sites for hydroxylation is 1. The molecule has 2 rings (SSSR count). The lowest BCUT2D eigenvalue weighted by molar-refractivity contribution is 0.0977. The number of amides is 1. The lowest BCUT2D eigenvalue weighted by atomic mass is 9.87. The molecule has 1 heterocycles. The molecule has 0 aliphatic rings. The summed E-state index contributed by atoms with van der Waals surface area (Å²) in [5, 5.41) is 17.1. The lowest BCUT2D eigenvalue weighted by Gasteiger charge is -2.19. The van der Waals surface area contributed by atoms with E-state index in [0.717, 1.165) is 5.56 Å². The molecule has 0 bridgehead atoms. The fraction of sp³-hybridized carbons (Fsp3) is 0.400. The molecule has 0 aliphatic heterocycles. The largest absolute Gasteiger partial charge is 0.299 e. The molecule has 1 aromatic heterocycles. The molecule has 0 spiro atoms. The number of hydrogen-bond acceptors (Lipinski definition) is 5. The highest BCUT2D eigenvalue weighted by Gasteiger charge is 2.15. The van der Waals surface area contributed by atoms with Crippen molar-refractivity contribution in [3.63, 3.8) is 0 Å². The van der Waals surface area contributed by atoms with Crippen LogP contribution in [-0.2, 0) is 12.0 Å². The number of aromatic nitrogens is 4.